The van der Waals surface area contributed by atoms with Crippen LogP contribution in [0.2, 0.25) is 0 Å². The first-order chi connectivity index (χ1) is 9.22. The predicted octanol–water partition coefficient (Wildman–Crippen LogP) is 2.09. The van der Waals surface area contributed by atoms with Gasteiger partial charge in [-0.3, -0.25) is 0 Å². The molecule has 1 aromatic carbocycles. The molecule has 0 saturated carbocycles. The second kappa shape index (κ2) is 9.33. The van der Waals surface area contributed by atoms with E-state index < -0.39 is 0 Å². The highest BCUT2D eigenvalue weighted by Crippen LogP contribution is 2.03. The van der Waals surface area contributed by atoms with E-state index in [0.29, 0.717) is 32.7 Å². The molecule has 0 aliphatic heterocycles. The van der Waals surface area contributed by atoms with E-state index in [4.69, 9.17) is 4.74 Å². The molecule has 1 rings (SSSR count). The number of rotatable bonds is 8. The minimum atomic E-state index is -0.252. The van der Waals surface area contributed by atoms with Crippen molar-refractivity contribution in [3.05, 3.63) is 35.6 Å². The van der Waals surface area contributed by atoms with E-state index in [1.165, 1.54) is 12.1 Å². The van der Waals surface area contributed by atoms with Gasteiger partial charge in [-0.05, 0) is 37.5 Å². The van der Waals surface area contributed by atoms with Crippen LogP contribution in [0.5, 0.6) is 0 Å². The standard InChI is InChI=1S/C14H21FN2O2/c1-2-19-10-4-8-16-14(18)17-9-7-12-5-3-6-13(15)11-12/h3,5-6,11H,2,4,7-10H2,1H3,(H2,16,17,18). The second-order valence-electron chi connectivity index (χ2n) is 4.11. The lowest BCUT2D eigenvalue weighted by Crippen LogP contribution is -2.37. The molecule has 106 valence electrons. The number of hydrogen-bond donors (Lipinski definition) is 2. The summed E-state index contributed by atoms with van der Waals surface area (Å²) >= 11 is 0. The lowest BCUT2D eigenvalue weighted by atomic mass is 10.1. The zero-order valence-corrected chi connectivity index (χ0v) is 11.2. The molecule has 0 spiro atoms. The van der Waals surface area contributed by atoms with Crippen LogP contribution in [0.4, 0.5) is 9.18 Å². The van der Waals surface area contributed by atoms with E-state index in [9.17, 15) is 9.18 Å². The molecule has 1 aromatic rings. The Morgan fingerprint density at radius 1 is 1.32 bits per heavy atom. The Kier molecular flexibility index (Phi) is 7.58. The average Bonchev–Trinajstić information content (AvgIpc) is 2.38. The van der Waals surface area contributed by atoms with E-state index in [0.717, 1.165) is 12.0 Å². The van der Waals surface area contributed by atoms with Gasteiger partial charge in [0, 0.05) is 26.3 Å². The van der Waals surface area contributed by atoms with Crippen LogP contribution in [0.25, 0.3) is 0 Å². The Labute approximate surface area is 113 Å². The summed E-state index contributed by atoms with van der Waals surface area (Å²) in [6, 6.07) is 6.18. The smallest absolute Gasteiger partial charge is 0.314 e. The van der Waals surface area contributed by atoms with Crippen molar-refractivity contribution in [2.45, 2.75) is 19.8 Å². The van der Waals surface area contributed by atoms with Gasteiger partial charge in [0.2, 0.25) is 0 Å². The van der Waals surface area contributed by atoms with Crippen LogP contribution in [0.15, 0.2) is 24.3 Å². The number of urea groups is 1. The van der Waals surface area contributed by atoms with Crippen LogP contribution in [0.3, 0.4) is 0 Å². The van der Waals surface area contributed by atoms with Gasteiger partial charge in [-0.1, -0.05) is 12.1 Å². The fourth-order valence-corrected chi connectivity index (χ4v) is 1.60. The van der Waals surface area contributed by atoms with Crippen LogP contribution in [0.1, 0.15) is 18.9 Å². The number of carbonyl (C=O) groups is 1. The number of amides is 2. The first-order valence-electron chi connectivity index (χ1n) is 6.56. The van der Waals surface area contributed by atoms with Crippen molar-refractivity contribution in [2.24, 2.45) is 0 Å². The molecule has 0 aliphatic carbocycles. The maximum atomic E-state index is 12.9. The van der Waals surface area contributed by atoms with E-state index in [1.54, 1.807) is 6.07 Å². The van der Waals surface area contributed by atoms with E-state index in [2.05, 4.69) is 10.6 Å². The molecular weight excluding hydrogens is 247 g/mol. The molecule has 0 fully saturated rings. The zero-order valence-electron chi connectivity index (χ0n) is 11.2. The van der Waals surface area contributed by atoms with Crippen molar-refractivity contribution in [3.8, 4) is 0 Å². The van der Waals surface area contributed by atoms with Crippen LogP contribution in [-0.4, -0.2) is 32.3 Å². The number of hydrogen-bond acceptors (Lipinski definition) is 2. The number of nitrogens with one attached hydrogen (secondary N) is 2. The topological polar surface area (TPSA) is 50.4 Å². The fraction of sp³-hybridized carbons (Fsp3) is 0.500. The molecule has 19 heavy (non-hydrogen) atoms. The monoisotopic (exact) mass is 268 g/mol. The molecule has 0 unspecified atom stereocenters. The van der Waals surface area contributed by atoms with Gasteiger partial charge in [0.1, 0.15) is 5.82 Å². The Balaban J connectivity index is 2.07. The Morgan fingerprint density at radius 2 is 2.11 bits per heavy atom. The third kappa shape index (κ3) is 7.41. The largest absolute Gasteiger partial charge is 0.382 e. The molecule has 4 nitrogen and oxygen atoms in total. The summed E-state index contributed by atoms with van der Waals surface area (Å²) in [7, 11) is 0. The Bertz CT molecular complexity index is 385. The first kappa shape index (κ1) is 15.4. The van der Waals surface area contributed by atoms with Gasteiger partial charge < -0.3 is 15.4 Å². The van der Waals surface area contributed by atoms with Crippen LogP contribution in [0, 0.1) is 5.82 Å². The highest BCUT2D eigenvalue weighted by atomic mass is 19.1. The summed E-state index contributed by atoms with van der Waals surface area (Å²) in [4.78, 5) is 11.4. The molecule has 0 radical (unpaired) electrons. The van der Waals surface area contributed by atoms with Crippen LogP contribution < -0.4 is 10.6 Å². The molecule has 0 atom stereocenters. The maximum Gasteiger partial charge on any atom is 0.314 e. The summed E-state index contributed by atoms with van der Waals surface area (Å²) in [6.07, 6.45) is 1.41. The quantitative estimate of drug-likeness (QED) is 0.709. The lowest BCUT2D eigenvalue weighted by Gasteiger charge is -2.07. The molecule has 0 saturated heterocycles. The van der Waals surface area contributed by atoms with Gasteiger partial charge >= 0.3 is 6.03 Å². The molecule has 5 heteroatoms. The molecule has 0 heterocycles. The van der Waals surface area contributed by atoms with Crippen molar-refractivity contribution in [1.29, 1.82) is 0 Å². The van der Waals surface area contributed by atoms with E-state index >= 15 is 0 Å². The summed E-state index contributed by atoms with van der Waals surface area (Å²) in [5.41, 5.74) is 0.872. The highest BCUT2D eigenvalue weighted by molar-refractivity contribution is 5.73. The van der Waals surface area contributed by atoms with Gasteiger partial charge in [0.25, 0.3) is 0 Å². The van der Waals surface area contributed by atoms with Crippen molar-refractivity contribution in [1.82, 2.24) is 10.6 Å². The SMILES string of the molecule is CCOCCCNC(=O)NCCc1cccc(F)c1. The molecular formula is C14H21FN2O2. The molecule has 0 aliphatic rings. The summed E-state index contributed by atoms with van der Waals surface area (Å²) in [5, 5.41) is 5.46. The van der Waals surface area contributed by atoms with Crippen molar-refractivity contribution < 1.29 is 13.9 Å². The molecule has 2 N–H and O–H groups in total. The lowest BCUT2D eigenvalue weighted by molar-refractivity contribution is 0.145. The molecule has 0 bridgehead atoms. The van der Waals surface area contributed by atoms with Crippen molar-refractivity contribution in [2.75, 3.05) is 26.3 Å². The number of ether oxygens (including phenoxy) is 1. The second-order valence-corrected chi connectivity index (χ2v) is 4.11. The van der Waals surface area contributed by atoms with Crippen LogP contribution >= 0.6 is 0 Å². The van der Waals surface area contributed by atoms with Gasteiger partial charge in [-0.2, -0.15) is 0 Å². The summed E-state index contributed by atoms with van der Waals surface area (Å²) in [5.74, 6) is -0.252. The number of halogens is 1. The highest BCUT2D eigenvalue weighted by Gasteiger charge is 2.00. The minimum Gasteiger partial charge on any atom is -0.382 e. The summed E-state index contributed by atoms with van der Waals surface area (Å²) in [6.45, 7) is 4.36. The van der Waals surface area contributed by atoms with Gasteiger partial charge in [-0.25, -0.2) is 9.18 Å². The normalized spacial score (nSPS) is 10.2. The number of carbonyl (C=O) groups excluding carboxylic acids is 1. The third-order valence-electron chi connectivity index (χ3n) is 2.54. The number of benzene rings is 1. The predicted molar refractivity (Wildman–Crippen MR) is 72.6 cm³/mol. The van der Waals surface area contributed by atoms with Crippen LogP contribution in [-0.2, 0) is 11.2 Å². The molecule has 0 aromatic heterocycles. The average molecular weight is 268 g/mol. The third-order valence-corrected chi connectivity index (χ3v) is 2.54. The Hall–Kier alpha value is -1.62. The van der Waals surface area contributed by atoms with Gasteiger partial charge in [0.05, 0.1) is 0 Å². The zero-order chi connectivity index (χ0) is 13.9. The van der Waals surface area contributed by atoms with Gasteiger partial charge in [-0.15, -0.1) is 0 Å². The molecule has 2 amide bonds. The minimum absolute atomic E-state index is 0.201. The first-order valence-corrected chi connectivity index (χ1v) is 6.56. The van der Waals surface area contributed by atoms with E-state index in [-0.39, 0.29) is 11.8 Å². The van der Waals surface area contributed by atoms with Crippen molar-refractivity contribution in [3.63, 3.8) is 0 Å². The maximum absolute atomic E-state index is 12.9. The summed E-state index contributed by atoms with van der Waals surface area (Å²) < 4.78 is 18.1. The fourth-order valence-electron chi connectivity index (χ4n) is 1.60. The van der Waals surface area contributed by atoms with Gasteiger partial charge in [0.15, 0.2) is 0 Å². The van der Waals surface area contributed by atoms with E-state index in [1.807, 2.05) is 13.0 Å². The van der Waals surface area contributed by atoms with Crippen molar-refractivity contribution >= 4 is 6.03 Å². The Morgan fingerprint density at radius 3 is 2.84 bits per heavy atom.